The molecule has 2 amide bonds. The molecule has 0 saturated carbocycles. The molecule has 1 saturated heterocycles. The highest BCUT2D eigenvalue weighted by Gasteiger charge is 2.34. The quantitative estimate of drug-likeness (QED) is 0.619. The molecule has 2 N–H and O–H groups in total. The molecular weight excluding hydrogens is 406 g/mol. The Bertz CT molecular complexity index is 931. The van der Waals surface area contributed by atoms with Gasteiger partial charge < -0.3 is 15.5 Å². The topological polar surface area (TPSA) is 66.6 Å². The molecule has 5 nitrogen and oxygen atoms in total. The summed E-state index contributed by atoms with van der Waals surface area (Å²) in [5.74, 6) is 0.488. The van der Waals surface area contributed by atoms with E-state index in [1.807, 2.05) is 35.2 Å². The minimum absolute atomic E-state index is 0.115. The highest BCUT2D eigenvalue weighted by molar-refractivity contribution is 8.00. The van der Waals surface area contributed by atoms with Gasteiger partial charge in [0.25, 0.3) is 0 Å². The number of hydrogen-bond donors (Lipinski definition) is 1. The van der Waals surface area contributed by atoms with Crippen molar-refractivity contribution < 1.29 is 9.59 Å². The Hall–Kier alpha value is -2.31. The first-order chi connectivity index (χ1) is 15.0. The molecule has 0 radical (unpaired) electrons. The molecule has 4 rings (SSSR count). The lowest BCUT2D eigenvalue weighted by Gasteiger charge is -2.34. The maximum atomic E-state index is 13.4. The van der Waals surface area contributed by atoms with Gasteiger partial charge in [-0.3, -0.25) is 9.59 Å². The first-order valence-electron chi connectivity index (χ1n) is 11.2. The number of para-hydroxylation sites is 1. The number of rotatable bonds is 8. The number of carbonyl (C=O) groups is 2. The van der Waals surface area contributed by atoms with E-state index in [0.29, 0.717) is 5.56 Å². The second-order valence-electron chi connectivity index (χ2n) is 8.70. The average molecular weight is 438 g/mol. The molecule has 2 aromatic rings. The van der Waals surface area contributed by atoms with Crippen molar-refractivity contribution in [2.75, 3.05) is 31.1 Å². The van der Waals surface area contributed by atoms with Crippen molar-refractivity contribution in [1.82, 2.24) is 4.90 Å². The molecule has 31 heavy (non-hydrogen) atoms. The molecule has 0 bridgehead atoms. The van der Waals surface area contributed by atoms with Crippen LogP contribution in [-0.2, 0) is 4.79 Å². The molecule has 1 fully saturated rings. The van der Waals surface area contributed by atoms with Crippen LogP contribution in [0.3, 0.4) is 0 Å². The molecule has 0 aliphatic carbocycles. The second-order valence-corrected chi connectivity index (χ2v) is 9.84. The molecule has 6 heteroatoms. The van der Waals surface area contributed by atoms with Crippen LogP contribution >= 0.6 is 11.8 Å². The number of unbranched alkanes of at least 4 members (excludes halogenated alkanes) is 2. The molecular formula is C25H31N3O2S. The number of carbonyl (C=O) groups excluding carboxylic acids is 2. The summed E-state index contributed by atoms with van der Waals surface area (Å²) < 4.78 is 0. The predicted molar refractivity (Wildman–Crippen MR) is 126 cm³/mol. The van der Waals surface area contributed by atoms with Crippen LogP contribution in [-0.4, -0.2) is 42.9 Å². The van der Waals surface area contributed by atoms with E-state index in [4.69, 9.17) is 5.73 Å². The van der Waals surface area contributed by atoms with E-state index in [0.717, 1.165) is 41.5 Å². The summed E-state index contributed by atoms with van der Waals surface area (Å²) in [7, 11) is 0. The lowest BCUT2D eigenvalue weighted by molar-refractivity contribution is -0.118. The van der Waals surface area contributed by atoms with Crippen molar-refractivity contribution in [1.29, 1.82) is 0 Å². The third-order valence-electron chi connectivity index (χ3n) is 6.25. The summed E-state index contributed by atoms with van der Waals surface area (Å²) >= 11 is 1.58. The van der Waals surface area contributed by atoms with Gasteiger partial charge in [-0.15, -0.1) is 11.8 Å². The Labute approximate surface area is 189 Å². The molecule has 2 aliphatic heterocycles. The monoisotopic (exact) mass is 437 g/mol. The number of benzene rings is 2. The number of fused-ring (bicyclic) bond motifs is 1. The van der Waals surface area contributed by atoms with Crippen molar-refractivity contribution in [3.8, 4) is 0 Å². The summed E-state index contributed by atoms with van der Waals surface area (Å²) in [5, 5.41) is -0.303. The summed E-state index contributed by atoms with van der Waals surface area (Å²) in [6.07, 6.45) is 4.63. The van der Waals surface area contributed by atoms with Crippen molar-refractivity contribution in [2.24, 2.45) is 11.7 Å². The van der Waals surface area contributed by atoms with Crippen LogP contribution in [0.15, 0.2) is 53.4 Å². The second kappa shape index (κ2) is 9.88. The number of anilines is 1. The maximum Gasteiger partial charge on any atom is 0.248 e. The Morgan fingerprint density at radius 1 is 1.06 bits per heavy atom. The fourth-order valence-corrected chi connectivity index (χ4v) is 5.72. The van der Waals surface area contributed by atoms with Gasteiger partial charge in [0.15, 0.2) is 0 Å². The summed E-state index contributed by atoms with van der Waals surface area (Å²) in [6, 6.07) is 15.2. The van der Waals surface area contributed by atoms with Crippen LogP contribution in [0.4, 0.5) is 5.69 Å². The smallest absolute Gasteiger partial charge is 0.248 e. The minimum Gasteiger partial charge on any atom is -0.366 e. The van der Waals surface area contributed by atoms with Gasteiger partial charge in [-0.2, -0.15) is 0 Å². The third kappa shape index (κ3) is 5.13. The van der Waals surface area contributed by atoms with Gasteiger partial charge in [0.05, 0.1) is 5.69 Å². The maximum absolute atomic E-state index is 13.4. The van der Waals surface area contributed by atoms with Gasteiger partial charge in [0, 0.05) is 23.5 Å². The van der Waals surface area contributed by atoms with Gasteiger partial charge in [-0.25, -0.2) is 0 Å². The van der Waals surface area contributed by atoms with Crippen molar-refractivity contribution in [2.45, 2.75) is 42.8 Å². The van der Waals surface area contributed by atoms with Crippen LogP contribution in [0.1, 0.15) is 53.8 Å². The van der Waals surface area contributed by atoms with Crippen LogP contribution in [0.5, 0.6) is 0 Å². The Morgan fingerprint density at radius 3 is 2.52 bits per heavy atom. The summed E-state index contributed by atoms with van der Waals surface area (Å²) in [4.78, 5) is 30.4. The molecule has 2 atom stereocenters. The first-order valence-corrected chi connectivity index (χ1v) is 12.1. The number of hydrogen-bond acceptors (Lipinski definition) is 4. The SMILES string of the molecule is CC1CCN(CCCCCN2C(=O)C(c3ccc(C(N)=O)cc3)Sc3ccccc32)C1. The lowest BCUT2D eigenvalue weighted by atomic mass is 10.1. The van der Waals surface area contributed by atoms with E-state index in [1.54, 1.807) is 23.9 Å². The van der Waals surface area contributed by atoms with Gasteiger partial charge >= 0.3 is 0 Å². The van der Waals surface area contributed by atoms with E-state index < -0.39 is 5.91 Å². The van der Waals surface area contributed by atoms with Crippen LogP contribution in [0.25, 0.3) is 0 Å². The fraction of sp³-hybridized carbons (Fsp3) is 0.440. The van der Waals surface area contributed by atoms with Gasteiger partial charge in [0.1, 0.15) is 5.25 Å². The molecule has 0 aromatic heterocycles. The van der Waals surface area contributed by atoms with Crippen LogP contribution < -0.4 is 10.6 Å². The lowest BCUT2D eigenvalue weighted by Crippen LogP contribution is -2.38. The Balaban J connectivity index is 1.41. The number of nitrogens with two attached hydrogens (primary N) is 1. The Morgan fingerprint density at radius 2 is 1.81 bits per heavy atom. The third-order valence-corrected chi connectivity index (χ3v) is 7.56. The molecule has 2 unspecified atom stereocenters. The minimum atomic E-state index is -0.454. The molecule has 2 aromatic carbocycles. The van der Waals surface area contributed by atoms with Crippen molar-refractivity contribution in [3.63, 3.8) is 0 Å². The van der Waals surface area contributed by atoms with E-state index in [-0.39, 0.29) is 11.2 Å². The highest BCUT2D eigenvalue weighted by atomic mass is 32.2. The molecule has 2 heterocycles. The van der Waals surface area contributed by atoms with E-state index >= 15 is 0 Å². The average Bonchev–Trinajstić information content (AvgIpc) is 3.19. The zero-order valence-corrected chi connectivity index (χ0v) is 18.9. The molecule has 164 valence electrons. The number of thioether (sulfide) groups is 1. The van der Waals surface area contributed by atoms with Crippen LogP contribution in [0.2, 0.25) is 0 Å². The summed E-state index contributed by atoms with van der Waals surface area (Å²) in [5.41, 5.74) is 7.73. The molecule has 0 spiro atoms. The predicted octanol–water partition coefficient (Wildman–Crippen LogP) is 4.48. The zero-order chi connectivity index (χ0) is 21.8. The zero-order valence-electron chi connectivity index (χ0n) is 18.1. The Kier molecular flexibility index (Phi) is 6.98. The normalized spacial score (nSPS) is 21.3. The fourth-order valence-electron chi connectivity index (χ4n) is 4.49. The number of likely N-dealkylation sites (tertiary alicyclic amines) is 1. The highest BCUT2D eigenvalue weighted by Crippen LogP contribution is 2.46. The van der Waals surface area contributed by atoms with Crippen molar-refractivity contribution in [3.05, 3.63) is 59.7 Å². The van der Waals surface area contributed by atoms with Crippen LogP contribution in [0, 0.1) is 5.92 Å². The number of amides is 2. The number of primary amides is 1. The van der Waals surface area contributed by atoms with E-state index in [9.17, 15) is 9.59 Å². The largest absolute Gasteiger partial charge is 0.366 e. The molecule has 2 aliphatic rings. The first kappa shape index (κ1) is 21.9. The van der Waals surface area contributed by atoms with Gasteiger partial charge in [0.2, 0.25) is 11.8 Å². The number of nitrogens with zero attached hydrogens (tertiary/aromatic N) is 2. The summed E-state index contributed by atoms with van der Waals surface area (Å²) in [6.45, 7) is 6.69. The van der Waals surface area contributed by atoms with E-state index in [1.165, 1.54) is 32.5 Å². The van der Waals surface area contributed by atoms with Crippen molar-refractivity contribution >= 4 is 29.3 Å². The van der Waals surface area contributed by atoms with E-state index in [2.05, 4.69) is 17.9 Å². The standard InChI is InChI=1S/C25H31N3O2S/c1-18-13-16-27(17-18)14-5-2-6-15-28-21-7-3-4-8-22(21)31-23(25(28)30)19-9-11-20(12-10-19)24(26)29/h3-4,7-12,18,23H,2,5-6,13-17H2,1H3,(H2,26,29). The van der Waals surface area contributed by atoms with Gasteiger partial charge in [-0.1, -0.05) is 37.6 Å². The van der Waals surface area contributed by atoms with Gasteiger partial charge in [-0.05, 0) is 68.1 Å².